The molecule has 0 aromatic heterocycles. The number of nitrogens with one attached hydrogen (secondary N) is 1. The van der Waals surface area contributed by atoms with Gasteiger partial charge in [-0.15, -0.1) is 0 Å². The van der Waals surface area contributed by atoms with Crippen LogP contribution in [0.1, 0.15) is 51.6 Å². The lowest BCUT2D eigenvalue weighted by Crippen LogP contribution is -2.29. The quantitative estimate of drug-likeness (QED) is 0.741. The van der Waals surface area contributed by atoms with Crippen LogP contribution in [0.15, 0.2) is 22.7 Å². The average molecular weight is 316 g/mol. The lowest BCUT2D eigenvalue weighted by atomic mass is 9.88. The van der Waals surface area contributed by atoms with Crippen molar-refractivity contribution < 1.29 is 4.39 Å². The van der Waals surface area contributed by atoms with Gasteiger partial charge in [-0.25, -0.2) is 4.39 Å². The van der Waals surface area contributed by atoms with Crippen molar-refractivity contribution >= 4 is 15.9 Å². The summed E-state index contributed by atoms with van der Waals surface area (Å²) in [6, 6.07) is 5.31. The Bertz CT molecular complexity index is 364. The second-order valence-corrected chi connectivity index (χ2v) is 5.59. The summed E-state index contributed by atoms with van der Waals surface area (Å²) < 4.78 is 15.0. The minimum absolute atomic E-state index is 0.109. The third kappa shape index (κ3) is 4.06. The van der Waals surface area contributed by atoms with E-state index in [-0.39, 0.29) is 11.9 Å². The van der Waals surface area contributed by atoms with Crippen LogP contribution in [-0.2, 0) is 0 Å². The lowest BCUT2D eigenvalue weighted by molar-refractivity contribution is 0.333. The van der Waals surface area contributed by atoms with Crippen molar-refractivity contribution in [3.63, 3.8) is 0 Å². The zero-order valence-electron chi connectivity index (χ0n) is 11.5. The molecule has 1 aromatic rings. The average Bonchev–Trinajstić information content (AvgIpc) is 2.38. The molecule has 0 radical (unpaired) electrons. The Morgan fingerprint density at radius 2 is 1.89 bits per heavy atom. The van der Waals surface area contributed by atoms with Crippen LogP contribution in [0.4, 0.5) is 4.39 Å². The molecule has 0 spiro atoms. The van der Waals surface area contributed by atoms with Gasteiger partial charge in [-0.1, -0.05) is 49.5 Å². The maximum absolute atomic E-state index is 14.0. The first-order chi connectivity index (χ1) is 8.63. The van der Waals surface area contributed by atoms with Gasteiger partial charge in [-0.2, -0.15) is 0 Å². The van der Waals surface area contributed by atoms with Crippen LogP contribution in [0, 0.1) is 11.7 Å². The van der Waals surface area contributed by atoms with Crippen LogP contribution < -0.4 is 5.32 Å². The number of hydrogen-bond acceptors (Lipinski definition) is 1. The smallest absolute Gasteiger partial charge is 0.128 e. The van der Waals surface area contributed by atoms with E-state index in [0.29, 0.717) is 5.92 Å². The molecule has 0 fully saturated rings. The fraction of sp³-hybridized carbons (Fsp3) is 0.600. The zero-order valence-corrected chi connectivity index (χ0v) is 13.1. The first-order valence-corrected chi connectivity index (χ1v) is 7.61. The molecule has 0 amide bonds. The molecular formula is C15H23BrFN. The second-order valence-electron chi connectivity index (χ2n) is 4.67. The van der Waals surface area contributed by atoms with E-state index in [4.69, 9.17) is 0 Å². The topological polar surface area (TPSA) is 12.0 Å². The molecule has 0 heterocycles. The van der Waals surface area contributed by atoms with E-state index in [1.165, 1.54) is 0 Å². The van der Waals surface area contributed by atoms with Crippen molar-refractivity contribution in [3.8, 4) is 0 Å². The predicted octanol–water partition coefficient (Wildman–Crippen LogP) is 5.07. The highest BCUT2D eigenvalue weighted by Gasteiger charge is 2.22. The molecule has 3 heteroatoms. The molecule has 1 nitrogen and oxygen atoms in total. The lowest BCUT2D eigenvalue weighted by Gasteiger charge is -2.27. The zero-order chi connectivity index (χ0) is 13.5. The molecule has 0 aliphatic rings. The molecule has 1 aromatic carbocycles. The predicted molar refractivity (Wildman–Crippen MR) is 79.2 cm³/mol. The Balaban J connectivity index is 3.03. The van der Waals surface area contributed by atoms with Crippen LogP contribution in [-0.4, -0.2) is 6.54 Å². The normalized spacial score (nSPS) is 13.0. The van der Waals surface area contributed by atoms with Crippen LogP contribution in [0.3, 0.4) is 0 Å². The number of rotatable bonds is 7. The Morgan fingerprint density at radius 3 is 2.44 bits per heavy atom. The molecule has 0 saturated carbocycles. The highest BCUT2D eigenvalue weighted by molar-refractivity contribution is 9.10. The molecule has 0 bridgehead atoms. The summed E-state index contributed by atoms with van der Waals surface area (Å²) >= 11 is 3.43. The Kier molecular flexibility index (Phi) is 6.87. The van der Waals surface area contributed by atoms with Gasteiger partial charge in [0.2, 0.25) is 0 Å². The standard InChI is InChI=1S/C15H23BrFN/c1-4-9-18-15(11(5-2)6-3)13-10-12(16)7-8-14(13)17/h7-8,10-11,15,18H,4-6,9H2,1-3H3. The fourth-order valence-corrected chi connectivity index (χ4v) is 2.72. The molecule has 18 heavy (non-hydrogen) atoms. The van der Waals surface area contributed by atoms with E-state index in [0.717, 1.165) is 35.8 Å². The molecule has 1 N–H and O–H groups in total. The molecule has 102 valence electrons. The van der Waals surface area contributed by atoms with Gasteiger partial charge < -0.3 is 5.32 Å². The summed E-state index contributed by atoms with van der Waals surface area (Å²) in [7, 11) is 0. The molecular weight excluding hydrogens is 293 g/mol. The number of halogens is 2. The third-order valence-electron chi connectivity index (χ3n) is 3.43. The first kappa shape index (κ1) is 15.6. The molecule has 1 atom stereocenters. The minimum atomic E-state index is -0.112. The van der Waals surface area contributed by atoms with E-state index in [1.54, 1.807) is 12.1 Å². The van der Waals surface area contributed by atoms with Gasteiger partial charge in [-0.05, 0) is 37.1 Å². The summed E-state index contributed by atoms with van der Waals surface area (Å²) in [5, 5.41) is 3.49. The summed E-state index contributed by atoms with van der Waals surface area (Å²) in [5.74, 6) is 0.360. The Hall–Kier alpha value is -0.410. The number of benzene rings is 1. The van der Waals surface area contributed by atoms with Crippen molar-refractivity contribution in [2.45, 2.75) is 46.1 Å². The van der Waals surface area contributed by atoms with Gasteiger partial charge in [-0.3, -0.25) is 0 Å². The van der Waals surface area contributed by atoms with E-state index in [1.807, 2.05) is 6.07 Å². The summed E-state index contributed by atoms with van der Waals surface area (Å²) in [5.41, 5.74) is 0.784. The highest BCUT2D eigenvalue weighted by atomic mass is 79.9. The maximum Gasteiger partial charge on any atom is 0.128 e. The van der Waals surface area contributed by atoms with Crippen LogP contribution in [0.2, 0.25) is 0 Å². The highest BCUT2D eigenvalue weighted by Crippen LogP contribution is 2.30. The molecule has 0 aliphatic heterocycles. The van der Waals surface area contributed by atoms with Crippen molar-refractivity contribution in [2.24, 2.45) is 5.92 Å². The SMILES string of the molecule is CCCNC(c1cc(Br)ccc1F)C(CC)CC. The van der Waals surface area contributed by atoms with Crippen molar-refractivity contribution in [1.29, 1.82) is 0 Å². The van der Waals surface area contributed by atoms with E-state index < -0.39 is 0 Å². The maximum atomic E-state index is 14.0. The Morgan fingerprint density at radius 1 is 1.22 bits per heavy atom. The summed E-state index contributed by atoms with van der Waals surface area (Å²) in [6.45, 7) is 7.40. The molecule has 0 saturated heterocycles. The van der Waals surface area contributed by atoms with Crippen LogP contribution in [0.5, 0.6) is 0 Å². The van der Waals surface area contributed by atoms with Gasteiger partial charge >= 0.3 is 0 Å². The first-order valence-electron chi connectivity index (χ1n) is 6.82. The van der Waals surface area contributed by atoms with Gasteiger partial charge in [0.15, 0.2) is 0 Å². The summed E-state index contributed by atoms with van der Waals surface area (Å²) in [6.07, 6.45) is 3.18. The molecule has 1 rings (SSSR count). The molecule has 1 unspecified atom stereocenters. The van der Waals surface area contributed by atoms with Gasteiger partial charge in [0.1, 0.15) is 5.82 Å². The van der Waals surface area contributed by atoms with Gasteiger partial charge in [0.05, 0.1) is 0 Å². The van der Waals surface area contributed by atoms with Crippen molar-refractivity contribution in [3.05, 3.63) is 34.1 Å². The fourth-order valence-electron chi connectivity index (χ4n) is 2.34. The second kappa shape index (κ2) is 7.90. The van der Waals surface area contributed by atoms with E-state index >= 15 is 0 Å². The van der Waals surface area contributed by atoms with Crippen LogP contribution in [0.25, 0.3) is 0 Å². The Labute approximate surface area is 118 Å². The van der Waals surface area contributed by atoms with E-state index in [2.05, 4.69) is 42.0 Å². The monoisotopic (exact) mass is 315 g/mol. The minimum Gasteiger partial charge on any atom is -0.310 e. The largest absolute Gasteiger partial charge is 0.310 e. The van der Waals surface area contributed by atoms with Gasteiger partial charge in [0.25, 0.3) is 0 Å². The van der Waals surface area contributed by atoms with Crippen LogP contribution >= 0.6 is 15.9 Å². The summed E-state index contributed by atoms with van der Waals surface area (Å²) in [4.78, 5) is 0. The van der Waals surface area contributed by atoms with Gasteiger partial charge in [0, 0.05) is 16.1 Å². The van der Waals surface area contributed by atoms with Crippen molar-refractivity contribution in [2.75, 3.05) is 6.54 Å². The number of hydrogen-bond donors (Lipinski definition) is 1. The molecule has 0 aliphatic carbocycles. The third-order valence-corrected chi connectivity index (χ3v) is 3.92. The van der Waals surface area contributed by atoms with E-state index in [9.17, 15) is 4.39 Å². The van der Waals surface area contributed by atoms with Crippen molar-refractivity contribution in [1.82, 2.24) is 5.32 Å².